The fraction of sp³-hybridized carbons (Fsp3) is 0.511. The van der Waals surface area contributed by atoms with Gasteiger partial charge in [-0.05, 0) is 81.7 Å². The number of esters is 1. The van der Waals surface area contributed by atoms with Crippen molar-refractivity contribution in [3.8, 4) is 10.8 Å². The maximum atomic E-state index is 13.5. The van der Waals surface area contributed by atoms with E-state index < -0.39 is 55.0 Å². The third-order valence-electron chi connectivity index (χ3n) is 11.8. The average molecular weight is 971 g/mol. The van der Waals surface area contributed by atoms with Crippen LogP contribution in [0, 0.1) is 0 Å². The highest BCUT2D eigenvalue weighted by Gasteiger charge is 2.34. The summed E-state index contributed by atoms with van der Waals surface area (Å²) in [5.74, 6) is -1.66. The van der Waals surface area contributed by atoms with Crippen LogP contribution >= 0.6 is 11.3 Å². The molecule has 2 N–H and O–H groups in total. The van der Waals surface area contributed by atoms with E-state index in [1.807, 2.05) is 0 Å². The molecule has 66 heavy (non-hydrogen) atoms. The number of aromatic nitrogens is 3. The molecule has 4 aromatic rings. The number of ether oxygens (including phenoxy) is 6. The second kappa shape index (κ2) is 22.7. The van der Waals surface area contributed by atoms with Gasteiger partial charge in [0.25, 0.3) is 5.91 Å². The number of carbonyl (C=O) groups is 3. The lowest BCUT2D eigenvalue weighted by atomic mass is 10.1. The highest BCUT2D eigenvalue weighted by atomic mass is 32.2. The molecular weight excluding hydrogens is 917 g/mol. The van der Waals surface area contributed by atoms with E-state index in [4.69, 9.17) is 28.4 Å². The summed E-state index contributed by atoms with van der Waals surface area (Å²) in [6.07, 6.45) is 10.4. The molecule has 3 aromatic heterocycles. The van der Waals surface area contributed by atoms with Crippen molar-refractivity contribution in [2.24, 2.45) is 0 Å². The summed E-state index contributed by atoms with van der Waals surface area (Å²) in [6.45, 7) is 2.15. The molecule has 4 aliphatic rings. The summed E-state index contributed by atoms with van der Waals surface area (Å²) in [5.41, 5.74) is 1.13. The molecule has 8 rings (SSSR count). The summed E-state index contributed by atoms with van der Waals surface area (Å²) >= 11 is 1.10. The molecule has 5 heterocycles. The van der Waals surface area contributed by atoms with Crippen molar-refractivity contribution < 1.29 is 64.7 Å². The molecule has 18 nitrogen and oxygen atoms in total. The van der Waals surface area contributed by atoms with Crippen LogP contribution < -0.4 is 10.1 Å². The molecular formula is C45H54N4O14S3. The van der Waals surface area contributed by atoms with Crippen LogP contribution in [0.15, 0.2) is 77.2 Å². The van der Waals surface area contributed by atoms with Gasteiger partial charge in [0.1, 0.15) is 5.75 Å². The topological polar surface area (TPSA) is 246 Å². The first-order valence-electron chi connectivity index (χ1n) is 22.0. The third-order valence-corrected chi connectivity index (χ3v) is 17.0. The molecule has 2 saturated heterocycles. The van der Waals surface area contributed by atoms with Gasteiger partial charge in [0.2, 0.25) is 5.06 Å². The third kappa shape index (κ3) is 12.5. The number of anilines is 1. The molecule has 2 unspecified atom stereocenters. The van der Waals surface area contributed by atoms with E-state index in [1.54, 1.807) is 30.3 Å². The highest BCUT2D eigenvalue weighted by Crippen LogP contribution is 2.34. The molecule has 1 amide bonds. The van der Waals surface area contributed by atoms with Crippen molar-refractivity contribution in [3.63, 3.8) is 0 Å². The molecule has 4 fully saturated rings. The molecule has 2 aliphatic heterocycles. The number of nitrogens with one attached hydrogen (secondary N) is 1. The first kappa shape index (κ1) is 49.0. The van der Waals surface area contributed by atoms with Crippen LogP contribution in [0.1, 0.15) is 111 Å². The number of carboxylic acids is 1. The van der Waals surface area contributed by atoms with Crippen LogP contribution in [0.25, 0.3) is 0 Å². The number of amides is 1. The smallest absolute Gasteiger partial charge is 0.337 e. The molecule has 356 valence electrons. The molecule has 1 aromatic carbocycles. The molecule has 0 bridgehead atoms. The number of thiazole rings is 1. The minimum Gasteiger partial charge on any atom is -0.479 e. The van der Waals surface area contributed by atoms with E-state index in [0.717, 1.165) is 37.0 Å². The van der Waals surface area contributed by atoms with Gasteiger partial charge in [-0.3, -0.25) is 10.1 Å². The predicted octanol–water partition coefficient (Wildman–Crippen LogP) is 6.83. The Kier molecular flexibility index (Phi) is 16.9. The fourth-order valence-corrected chi connectivity index (χ4v) is 12.4. The number of nitrogens with zero attached hydrogens (tertiary/aromatic N) is 3. The Balaban J connectivity index is 0.000000221. The second-order valence-electron chi connectivity index (χ2n) is 16.4. The zero-order valence-corrected chi connectivity index (χ0v) is 38.9. The minimum atomic E-state index is -3.53. The predicted molar refractivity (Wildman–Crippen MR) is 239 cm³/mol. The van der Waals surface area contributed by atoms with E-state index in [0.29, 0.717) is 105 Å². The van der Waals surface area contributed by atoms with E-state index in [-0.39, 0.29) is 32.6 Å². The lowest BCUT2D eigenvalue weighted by molar-refractivity contribution is -0.158. The van der Waals surface area contributed by atoms with Crippen molar-refractivity contribution >= 4 is 54.0 Å². The van der Waals surface area contributed by atoms with E-state index in [2.05, 4.69) is 20.3 Å². The lowest BCUT2D eigenvalue weighted by Gasteiger charge is -2.27. The van der Waals surface area contributed by atoms with Gasteiger partial charge in [-0.1, -0.05) is 55.2 Å². The van der Waals surface area contributed by atoms with Crippen LogP contribution in [-0.4, -0.2) is 111 Å². The van der Waals surface area contributed by atoms with Crippen molar-refractivity contribution in [3.05, 3.63) is 83.8 Å². The van der Waals surface area contributed by atoms with Gasteiger partial charge in [-0.25, -0.2) is 41.4 Å². The van der Waals surface area contributed by atoms with E-state index >= 15 is 0 Å². The van der Waals surface area contributed by atoms with Crippen LogP contribution in [-0.2, 0) is 52.9 Å². The van der Waals surface area contributed by atoms with Crippen molar-refractivity contribution in [2.75, 3.05) is 38.9 Å². The maximum Gasteiger partial charge on any atom is 0.337 e. The Hall–Kier alpha value is -4.90. The molecule has 21 heteroatoms. The van der Waals surface area contributed by atoms with Crippen LogP contribution in [0.2, 0.25) is 0 Å². The first-order chi connectivity index (χ1) is 31.8. The molecule has 2 atom stereocenters. The summed E-state index contributed by atoms with van der Waals surface area (Å²) in [5, 5.41) is 12.1. The molecule has 2 saturated carbocycles. The second-order valence-corrected chi connectivity index (χ2v) is 21.7. The quantitative estimate of drug-likeness (QED) is 0.109. The number of methoxy groups -OCH3 is 1. The van der Waals surface area contributed by atoms with Gasteiger partial charge >= 0.3 is 11.9 Å². The summed E-state index contributed by atoms with van der Waals surface area (Å²) in [6, 6.07) is 12.4. The number of carboxylic acid groups (broad SMARTS) is 1. The number of carbonyl (C=O) groups excluding carboxylic acids is 2. The summed E-state index contributed by atoms with van der Waals surface area (Å²) in [7, 11) is -5.67. The Morgan fingerprint density at radius 2 is 1.21 bits per heavy atom. The van der Waals surface area contributed by atoms with Gasteiger partial charge in [0.05, 0.1) is 41.6 Å². The van der Waals surface area contributed by atoms with Crippen LogP contribution in [0.4, 0.5) is 5.13 Å². The summed E-state index contributed by atoms with van der Waals surface area (Å²) < 4.78 is 84.2. The number of rotatable bonds is 16. The Morgan fingerprint density at radius 3 is 1.70 bits per heavy atom. The minimum absolute atomic E-state index is 0.0105. The zero-order valence-electron chi connectivity index (χ0n) is 36.4. The van der Waals surface area contributed by atoms with Gasteiger partial charge in [0, 0.05) is 49.9 Å². The maximum absolute atomic E-state index is 13.5. The van der Waals surface area contributed by atoms with Crippen molar-refractivity contribution in [2.45, 2.75) is 122 Å². The summed E-state index contributed by atoms with van der Waals surface area (Å²) in [4.78, 5) is 49.3. The van der Waals surface area contributed by atoms with Gasteiger partial charge in [-0.15, -0.1) is 0 Å². The SMILES string of the molecule is COC(=O)c1cccc(Oc2cnc(NC(=O)C(OC3CCOCC3)c3ccc(S(=O)(=O)C4CCCC4)nc3)s2)c1.O=C(O)C(OC1CCOCC1)c1ccc(S(=O)(=O)C2CCCC2)nc1. The van der Waals surface area contributed by atoms with Crippen LogP contribution in [0.3, 0.4) is 0 Å². The van der Waals surface area contributed by atoms with Crippen molar-refractivity contribution in [1.82, 2.24) is 15.0 Å². The molecule has 2 aliphatic carbocycles. The fourth-order valence-electron chi connectivity index (χ4n) is 8.20. The number of hydrogen-bond acceptors (Lipinski definition) is 17. The number of pyridine rings is 2. The van der Waals surface area contributed by atoms with E-state index in [1.165, 1.54) is 43.9 Å². The molecule has 0 radical (unpaired) electrons. The van der Waals surface area contributed by atoms with Gasteiger partial charge in [0.15, 0.2) is 47.1 Å². The Bertz CT molecular complexity index is 2480. The Labute approximate surface area is 387 Å². The van der Waals surface area contributed by atoms with Crippen molar-refractivity contribution in [1.29, 1.82) is 0 Å². The van der Waals surface area contributed by atoms with Crippen LogP contribution in [0.5, 0.6) is 10.8 Å². The lowest BCUT2D eigenvalue weighted by Crippen LogP contribution is -2.31. The first-order valence-corrected chi connectivity index (χ1v) is 25.9. The number of hydrogen-bond donors (Lipinski definition) is 2. The normalized spacial score (nSPS) is 18.7. The number of sulfone groups is 2. The van der Waals surface area contributed by atoms with Gasteiger partial charge in [-0.2, -0.15) is 0 Å². The van der Waals surface area contributed by atoms with Gasteiger partial charge < -0.3 is 33.5 Å². The Morgan fingerprint density at radius 1 is 0.697 bits per heavy atom. The molecule has 0 spiro atoms. The highest BCUT2D eigenvalue weighted by molar-refractivity contribution is 7.92. The number of benzene rings is 1. The van der Waals surface area contributed by atoms with E-state index in [9.17, 15) is 36.3 Å². The monoisotopic (exact) mass is 970 g/mol. The zero-order chi connectivity index (χ0) is 46.7. The number of aliphatic carboxylic acids is 1. The largest absolute Gasteiger partial charge is 0.479 e. The standard InChI is InChI=1S/C28H31N3O8S2.C17H23NO6S/c1-36-27(33)18-5-4-6-21(15-18)38-24-17-30-28(40-24)31-26(32)25(39-20-11-13-37-14-12-20)19-9-10-23(29-16-19)41(34,35)22-7-2-3-8-22;19-17(20)16(24-13-7-9-23-10-8-13)12-5-6-15(18-11-12)25(21,22)14-3-1-2-4-14/h4-6,9-10,15-17,20,22,25H,2-3,7-8,11-14H2,1H3,(H,30,31,32);5-6,11,13-14,16H,1-4,7-10H2,(H,19,20). The average Bonchev–Trinajstić information content (AvgIpc) is 4.17.